The minimum Gasteiger partial charge on any atom is -0.325 e. The highest BCUT2D eigenvalue weighted by molar-refractivity contribution is 5.88. The Morgan fingerprint density at radius 2 is 1.95 bits per heavy atom. The zero-order chi connectivity index (χ0) is 13.7. The molecule has 2 N–H and O–H groups in total. The summed E-state index contributed by atoms with van der Waals surface area (Å²) in [6.07, 6.45) is 0. The third-order valence-corrected chi connectivity index (χ3v) is 2.95. The lowest BCUT2D eigenvalue weighted by molar-refractivity contribution is 0.217. The van der Waals surface area contributed by atoms with E-state index in [2.05, 4.69) is 15.5 Å². The second-order valence-corrected chi connectivity index (χ2v) is 4.14. The number of carbonyl (C=O) groups excluding carboxylic acids is 1. The molecule has 0 saturated heterocycles. The molecule has 0 fully saturated rings. The molecule has 0 aliphatic rings. The first-order chi connectivity index (χ1) is 9.24. The predicted molar refractivity (Wildman–Crippen MR) is 76.0 cm³/mol. The highest BCUT2D eigenvalue weighted by atomic mass is 16.2. The second-order valence-electron chi connectivity index (χ2n) is 4.14. The molecular formula is C14H18N4O. The average Bonchev–Trinajstić information content (AvgIpc) is 2.89. The van der Waals surface area contributed by atoms with Crippen LogP contribution in [0.1, 0.15) is 13.8 Å². The Hall–Kier alpha value is -2.30. The van der Waals surface area contributed by atoms with Gasteiger partial charge in [0, 0.05) is 19.2 Å². The highest BCUT2D eigenvalue weighted by Gasteiger charge is 2.11. The van der Waals surface area contributed by atoms with Gasteiger partial charge in [-0.2, -0.15) is 5.10 Å². The summed E-state index contributed by atoms with van der Waals surface area (Å²) in [6, 6.07) is 11.6. The van der Waals surface area contributed by atoms with Crippen molar-refractivity contribution in [2.75, 3.05) is 18.4 Å². The number of hydrogen-bond acceptors (Lipinski definition) is 2. The summed E-state index contributed by atoms with van der Waals surface area (Å²) < 4.78 is 0. The molecule has 5 nitrogen and oxygen atoms in total. The fraction of sp³-hybridized carbons (Fsp3) is 0.286. The van der Waals surface area contributed by atoms with Crippen LogP contribution in [-0.4, -0.2) is 34.2 Å². The number of urea groups is 1. The number of H-pyrrole nitrogens is 1. The van der Waals surface area contributed by atoms with E-state index in [9.17, 15) is 4.79 Å². The van der Waals surface area contributed by atoms with Crippen LogP contribution < -0.4 is 5.32 Å². The fourth-order valence-corrected chi connectivity index (χ4v) is 1.85. The minimum absolute atomic E-state index is 0.129. The van der Waals surface area contributed by atoms with E-state index in [1.54, 1.807) is 4.90 Å². The van der Waals surface area contributed by atoms with E-state index in [-0.39, 0.29) is 6.03 Å². The summed E-state index contributed by atoms with van der Waals surface area (Å²) >= 11 is 0. The van der Waals surface area contributed by atoms with Crippen LogP contribution in [0.3, 0.4) is 0 Å². The molecule has 0 spiro atoms. The van der Waals surface area contributed by atoms with Crippen molar-refractivity contribution in [1.82, 2.24) is 15.1 Å². The van der Waals surface area contributed by atoms with Gasteiger partial charge in [0.15, 0.2) is 5.82 Å². The number of carbonyl (C=O) groups is 1. The molecule has 2 aromatic rings. The van der Waals surface area contributed by atoms with E-state index in [4.69, 9.17) is 0 Å². The Kier molecular flexibility index (Phi) is 4.18. The molecule has 1 aromatic carbocycles. The zero-order valence-electron chi connectivity index (χ0n) is 11.2. The first-order valence-electron chi connectivity index (χ1n) is 6.41. The maximum atomic E-state index is 11.9. The topological polar surface area (TPSA) is 61.0 Å². The van der Waals surface area contributed by atoms with Gasteiger partial charge >= 0.3 is 6.03 Å². The summed E-state index contributed by atoms with van der Waals surface area (Å²) in [4.78, 5) is 13.6. The van der Waals surface area contributed by atoms with Crippen molar-refractivity contribution in [3.8, 4) is 11.3 Å². The molecule has 5 heteroatoms. The van der Waals surface area contributed by atoms with E-state index < -0.39 is 0 Å². The number of hydrogen-bond donors (Lipinski definition) is 2. The van der Waals surface area contributed by atoms with Crippen molar-refractivity contribution in [3.05, 3.63) is 36.4 Å². The molecule has 0 radical (unpaired) electrons. The first-order valence-corrected chi connectivity index (χ1v) is 6.41. The number of anilines is 1. The van der Waals surface area contributed by atoms with Gasteiger partial charge in [-0.3, -0.25) is 10.4 Å². The summed E-state index contributed by atoms with van der Waals surface area (Å²) in [6.45, 7) is 5.25. The van der Waals surface area contributed by atoms with E-state index in [0.29, 0.717) is 18.9 Å². The summed E-state index contributed by atoms with van der Waals surface area (Å²) in [5.41, 5.74) is 1.92. The summed E-state index contributed by atoms with van der Waals surface area (Å²) in [5.74, 6) is 0.538. The van der Waals surface area contributed by atoms with Crippen LogP contribution in [0.4, 0.5) is 10.6 Å². The predicted octanol–water partition coefficient (Wildman–Crippen LogP) is 2.95. The van der Waals surface area contributed by atoms with Gasteiger partial charge in [0.1, 0.15) is 0 Å². The number of aromatic amines is 1. The minimum atomic E-state index is -0.129. The first kappa shape index (κ1) is 13.1. The van der Waals surface area contributed by atoms with Crippen LogP contribution in [0.5, 0.6) is 0 Å². The molecule has 1 heterocycles. The maximum Gasteiger partial charge on any atom is 0.323 e. The van der Waals surface area contributed by atoms with Crippen molar-refractivity contribution < 1.29 is 4.79 Å². The number of rotatable bonds is 4. The third-order valence-electron chi connectivity index (χ3n) is 2.95. The molecule has 2 rings (SSSR count). The number of benzene rings is 1. The molecule has 1 aromatic heterocycles. The van der Waals surface area contributed by atoms with Crippen molar-refractivity contribution in [1.29, 1.82) is 0 Å². The highest BCUT2D eigenvalue weighted by Crippen LogP contribution is 2.19. The van der Waals surface area contributed by atoms with Gasteiger partial charge in [-0.1, -0.05) is 30.3 Å². The zero-order valence-corrected chi connectivity index (χ0v) is 11.2. The van der Waals surface area contributed by atoms with Crippen molar-refractivity contribution in [2.45, 2.75) is 13.8 Å². The molecule has 19 heavy (non-hydrogen) atoms. The van der Waals surface area contributed by atoms with Crippen LogP contribution in [0.2, 0.25) is 0 Å². The van der Waals surface area contributed by atoms with Crippen molar-refractivity contribution in [3.63, 3.8) is 0 Å². The molecule has 0 aliphatic heterocycles. The lowest BCUT2D eigenvalue weighted by atomic mass is 10.2. The van der Waals surface area contributed by atoms with E-state index in [0.717, 1.165) is 11.3 Å². The van der Waals surface area contributed by atoms with Gasteiger partial charge in [0.25, 0.3) is 0 Å². The SMILES string of the molecule is CCN(CC)C(=O)Nc1cc(-c2ccccc2)[nH]n1. The second kappa shape index (κ2) is 6.04. The van der Waals surface area contributed by atoms with E-state index in [1.807, 2.05) is 50.2 Å². The maximum absolute atomic E-state index is 11.9. The smallest absolute Gasteiger partial charge is 0.323 e. The number of nitrogens with zero attached hydrogens (tertiary/aromatic N) is 2. The van der Waals surface area contributed by atoms with Crippen LogP contribution in [-0.2, 0) is 0 Å². The Labute approximate surface area is 112 Å². The van der Waals surface area contributed by atoms with Gasteiger partial charge in [-0.05, 0) is 19.4 Å². The van der Waals surface area contributed by atoms with Crippen LogP contribution in [0.25, 0.3) is 11.3 Å². The quantitative estimate of drug-likeness (QED) is 0.885. The largest absolute Gasteiger partial charge is 0.325 e. The Morgan fingerprint density at radius 1 is 1.26 bits per heavy atom. The Bertz CT molecular complexity index is 531. The van der Waals surface area contributed by atoms with Gasteiger partial charge < -0.3 is 4.90 Å². The average molecular weight is 258 g/mol. The standard InChI is InChI=1S/C14H18N4O/c1-3-18(4-2)14(19)15-13-10-12(16-17-13)11-8-6-5-7-9-11/h5-10H,3-4H2,1-2H3,(H2,15,16,17,19). The molecule has 0 aliphatic carbocycles. The lowest BCUT2D eigenvalue weighted by Gasteiger charge is -2.17. The normalized spacial score (nSPS) is 10.2. The third kappa shape index (κ3) is 3.13. The monoisotopic (exact) mass is 258 g/mol. The number of amides is 2. The van der Waals surface area contributed by atoms with Crippen LogP contribution >= 0.6 is 0 Å². The molecule has 0 bridgehead atoms. The van der Waals surface area contributed by atoms with Gasteiger partial charge in [-0.15, -0.1) is 0 Å². The summed E-state index contributed by atoms with van der Waals surface area (Å²) in [5, 5.41) is 9.80. The van der Waals surface area contributed by atoms with Gasteiger partial charge in [0.2, 0.25) is 0 Å². The lowest BCUT2D eigenvalue weighted by Crippen LogP contribution is -2.34. The van der Waals surface area contributed by atoms with E-state index in [1.165, 1.54) is 0 Å². The fourth-order valence-electron chi connectivity index (χ4n) is 1.85. The number of nitrogens with one attached hydrogen (secondary N) is 2. The van der Waals surface area contributed by atoms with Crippen molar-refractivity contribution >= 4 is 11.8 Å². The Balaban J connectivity index is 2.08. The molecule has 0 unspecified atom stereocenters. The van der Waals surface area contributed by atoms with Crippen LogP contribution in [0, 0.1) is 0 Å². The molecule has 0 atom stereocenters. The summed E-state index contributed by atoms with van der Waals surface area (Å²) in [7, 11) is 0. The molecule has 2 amide bonds. The molecule has 100 valence electrons. The van der Waals surface area contributed by atoms with Crippen LogP contribution in [0.15, 0.2) is 36.4 Å². The van der Waals surface area contributed by atoms with E-state index >= 15 is 0 Å². The van der Waals surface area contributed by atoms with Gasteiger partial charge in [-0.25, -0.2) is 4.79 Å². The Morgan fingerprint density at radius 3 is 2.58 bits per heavy atom. The molecular weight excluding hydrogens is 240 g/mol. The molecule has 0 saturated carbocycles. The number of aromatic nitrogens is 2. The van der Waals surface area contributed by atoms with Crippen molar-refractivity contribution in [2.24, 2.45) is 0 Å². The van der Waals surface area contributed by atoms with Gasteiger partial charge in [0.05, 0.1) is 5.69 Å².